The van der Waals surface area contributed by atoms with E-state index in [1.807, 2.05) is 4.90 Å². The van der Waals surface area contributed by atoms with E-state index >= 15 is 0 Å². The maximum Gasteiger partial charge on any atom is 0.219 e. The first-order valence-electron chi connectivity index (χ1n) is 9.43. The van der Waals surface area contributed by atoms with Gasteiger partial charge in [-0.25, -0.2) is 0 Å². The summed E-state index contributed by atoms with van der Waals surface area (Å²) in [6.45, 7) is 3.23. The summed E-state index contributed by atoms with van der Waals surface area (Å²) in [6.07, 6.45) is 1.06. The van der Waals surface area contributed by atoms with Crippen LogP contribution in [-0.2, 0) is 11.3 Å². The fourth-order valence-corrected chi connectivity index (χ4v) is 6.44. The van der Waals surface area contributed by atoms with Crippen LogP contribution in [0.2, 0.25) is 0 Å². The minimum atomic E-state index is -0.474. The highest BCUT2D eigenvalue weighted by atomic mass is 31.1. The largest absolute Gasteiger partial charge is 0.338 e. The Labute approximate surface area is 162 Å². The lowest BCUT2D eigenvalue weighted by atomic mass is 9.91. The third-order valence-electron chi connectivity index (χ3n) is 5.28. The Morgan fingerprint density at radius 3 is 2.04 bits per heavy atom. The quantitative estimate of drug-likeness (QED) is 0.626. The summed E-state index contributed by atoms with van der Waals surface area (Å²) in [4.78, 5) is 14.1. The van der Waals surface area contributed by atoms with E-state index in [0.717, 1.165) is 19.3 Å². The molecule has 1 aliphatic rings. The molecule has 1 aliphatic heterocycles. The summed E-state index contributed by atoms with van der Waals surface area (Å²) in [5, 5.41) is 2.80. The van der Waals surface area contributed by atoms with Crippen LogP contribution in [0.25, 0.3) is 0 Å². The molecule has 3 heteroatoms. The number of fused-ring (bicyclic) bond motifs is 1. The molecular weight excluding hydrogens is 349 g/mol. The average molecular weight is 373 g/mol. The van der Waals surface area contributed by atoms with Gasteiger partial charge in [-0.05, 0) is 35.8 Å². The highest BCUT2D eigenvalue weighted by Gasteiger charge is 2.29. The van der Waals surface area contributed by atoms with Crippen molar-refractivity contribution in [3.63, 3.8) is 0 Å². The molecule has 0 bridgehead atoms. The third kappa shape index (κ3) is 3.96. The average Bonchev–Trinajstić information content (AvgIpc) is 2.73. The number of carbonyl (C=O) groups is 1. The highest BCUT2D eigenvalue weighted by molar-refractivity contribution is 7.73. The summed E-state index contributed by atoms with van der Waals surface area (Å²) < 4.78 is 0. The SMILES string of the molecule is CC(=O)N1Cc2ccccc2C(CP(c2ccccc2)c2ccccc2)C1. The maximum atomic E-state index is 12.1. The summed E-state index contributed by atoms with van der Waals surface area (Å²) in [5.41, 5.74) is 2.70. The minimum absolute atomic E-state index is 0.165. The lowest BCUT2D eigenvalue weighted by Crippen LogP contribution is -2.38. The summed E-state index contributed by atoms with van der Waals surface area (Å²) in [5.74, 6) is 0.531. The van der Waals surface area contributed by atoms with E-state index in [1.165, 1.54) is 21.7 Å². The molecule has 2 nitrogen and oxygen atoms in total. The molecule has 0 aliphatic carbocycles. The van der Waals surface area contributed by atoms with Crippen LogP contribution in [0.15, 0.2) is 84.9 Å². The Balaban J connectivity index is 1.71. The van der Waals surface area contributed by atoms with Gasteiger partial charge in [0.25, 0.3) is 0 Å². The van der Waals surface area contributed by atoms with E-state index in [4.69, 9.17) is 0 Å². The van der Waals surface area contributed by atoms with Gasteiger partial charge in [0, 0.05) is 25.9 Å². The molecule has 0 saturated heterocycles. The van der Waals surface area contributed by atoms with Crippen LogP contribution in [-0.4, -0.2) is 23.5 Å². The number of nitrogens with zero attached hydrogens (tertiary/aromatic N) is 1. The Morgan fingerprint density at radius 1 is 0.889 bits per heavy atom. The summed E-state index contributed by atoms with van der Waals surface area (Å²) >= 11 is 0. The van der Waals surface area contributed by atoms with E-state index in [0.29, 0.717) is 5.92 Å². The molecule has 0 spiro atoms. The maximum absolute atomic E-state index is 12.1. The van der Waals surface area contributed by atoms with Crippen molar-refractivity contribution < 1.29 is 4.79 Å². The molecule has 27 heavy (non-hydrogen) atoms. The van der Waals surface area contributed by atoms with Crippen molar-refractivity contribution in [3.05, 3.63) is 96.1 Å². The van der Waals surface area contributed by atoms with Crippen molar-refractivity contribution in [1.82, 2.24) is 4.90 Å². The molecule has 0 saturated carbocycles. The second-order valence-corrected chi connectivity index (χ2v) is 9.33. The second kappa shape index (κ2) is 8.06. The van der Waals surface area contributed by atoms with Crippen molar-refractivity contribution in [2.45, 2.75) is 19.4 Å². The smallest absolute Gasteiger partial charge is 0.219 e. The fourth-order valence-electron chi connectivity index (χ4n) is 3.90. The Morgan fingerprint density at radius 2 is 1.44 bits per heavy atom. The molecular formula is C24H24NOP. The van der Waals surface area contributed by atoms with Crippen molar-refractivity contribution in [3.8, 4) is 0 Å². The Bertz CT molecular complexity index is 870. The van der Waals surface area contributed by atoms with Gasteiger partial charge in [-0.15, -0.1) is 0 Å². The van der Waals surface area contributed by atoms with Gasteiger partial charge in [0.15, 0.2) is 0 Å². The monoisotopic (exact) mass is 373 g/mol. The zero-order chi connectivity index (χ0) is 18.6. The molecule has 136 valence electrons. The number of benzene rings is 3. The number of hydrogen-bond donors (Lipinski definition) is 0. The zero-order valence-electron chi connectivity index (χ0n) is 15.6. The van der Waals surface area contributed by atoms with Gasteiger partial charge >= 0.3 is 0 Å². The first-order valence-corrected chi connectivity index (χ1v) is 11.0. The lowest BCUT2D eigenvalue weighted by Gasteiger charge is -2.36. The van der Waals surface area contributed by atoms with E-state index in [2.05, 4.69) is 84.9 Å². The molecule has 3 aromatic carbocycles. The minimum Gasteiger partial charge on any atom is -0.338 e. The van der Waals surface area contributed by atoms with Gasteiger partial charge in [-0.2, -0.15) is 0 Å². The second-order valence-electron chi connectivity index (χ2n) is 7.08. The zero-order valence-corrected chi connectivity index (χ0v) is 16.5. The van der Waals surface area contributed by atoms with Crippen LogP contribution < -0.4 is 10.6 Å². The summed E-state index contributed by atoms with van der Waals surface area (Å²) in [7, 11) is -0.474. The van der Waals surface area contributed by atoms with Gasteiger partial charge in [-0.3, -0.25) is 4.79 Å². The number of hydrogen-bond acceptors (Lipinski definition) is 1. The Hall–Kier alpha value is -2.44. The number of amides is 1. The van der Waals surface area contributed by atoms with Crippen LogP contribution in [0.3, 0.4) is 0 Å². The van der Waals surface area contributed by atoms with Gasteiger partial charge in [0.05, 0.1) is 0 Å². The van der Waals surface area contributed by atoms with Crippen molar-refractivity contribution in [2.24, 2.45) is 0 Å². The third-order valence-corrected chi connectivity index (χ3v) is 7.93. The normalized spacial score (nSPS) is 16.2. The molecule has 0 N–H and O–H groups in total. The highest BCUT2D eigenvalue weighted by Crippen LogP contribution is 2.41. The lowest BCUT2D eigenvalue weighted by molar-refractivity contribution is -0.130. The van der Waals surface area contributed by atoms with Gasteiger partial charge in [0.2, 0.25) is 5.91 Å². The molecule has 1 unspecified atom stereocenters. The van der Waals surface area contributed by atoms with Crippen LogP contribution >= 0.6 is 7.92 Å². The van der Waals surface area contributed by atoms with E-state index in [9.17, 15) is 4.79 Å². The number of carbonyl (C=O) groups excluding carboxylic acids is 1. The first-order chi connectivity index (χ1) is 13.2. The Kier molecular flexibility index (Phi) is 5.36. The van der Waals surface area contributed by atoms with Crippen LogP contribution in [0, 0.1) is 0 Å². The molecule has 0 radical (unpaired) electrons. The topological polar surface area (TPSA) is 20.3 Å². The van der Waals surface area contributed by atoms with Crippen molar-refractivity contribution in [2.75, 3.05) is 12.7 Å². The fraction of sp³-hybridized carbons (Fsp3) is 0.208. The van der Waals surface area contributed by atoms with Gasteiger partial charge in [0.1, 0.15) is 0 Å². The predicted octanol–water partition coefficient (Wildman–Crippen LogP) is 4.27. The molecule has 0 aromatic heterocycles. The van der Waals surface area contributed by atoms with Crippen molar-refractivity contribution in [1.29, 1.82) is 0 Å². The molecule has 1 atom stereocenters. The molecule has 1 amide bonds. The van der Waals surface area contributed by atoms with E-state index in [1.54, 1.807) is 6.92 Å². The van der Waals surface area contributed by atoms with Crippen LogP contribution in [0.4, 0.5) is 0 Å². The van der Waals surface area contributed by atoms with E-state index < -0.39 is 7.92 Å². The molecule has 4 rings (SSSR count). The molecule has 1 heterocycles. The molecule has 0 fully saturated rings. The van der Waals surface area contributed by atoms with Crippen molar-refractivity contribution >= 4 is 24.4 Å². The molecule has 3 aromatic rings. The van der Waals surface area contributed by atoms with Gasteiger partial charge < -0.3 is 4.90 Å². The van der Waals surface area contributed by atoms with Crippen LogP contribution in [0.1, 0.15) is 24.0 Å². The standard InChI is InChI=1S/C24H24NOP/c1-19(26)25-16-20-10-8-9-15-24(20)21(17-25)18-27(22-11-4-2-5-12-22)23-13-6-3-7-14-23/h2-15,21H,16-18H2,1H3. The van der Waals surface area contributed by atoms with Gasteiger partial charge in [-0.1, -0.05) is 84.9 Å². The van der Waals surface area contributed by atoms with E-state index in [-0.39, 0.29) is 5.91 Å². The summed E-state index contributed by atoms with van der Waals surface area (Å²) in [6, 6.07) is 30.3. The van der Waals surface area contributed by atoms with Crippen LogP contribution in [0.5, 0.6) is 0 Å². The predicted molar refractivity (Wildman–Crippen MR) is 114 cm³/mol. The first kappa shape index (κ1) is 17.9. The number of rotatable bonds is 4.